The number of hydrogen-bond acceptors (Lipinski definition) is 2. The van der Waals surface area contributed by atoms with Crippen molar-refractivity contribution >= 4 is 23.2 Å². The molecular formula is C14H13Cl2FN2. The van der Waals surface area contributed by atoms with Crippen molar-refractivity contribution in [3.63, 3.8) is 0 Å². The Morgan fingerprint density at radius 2 is 1.84 bits per heavy atom. The van der Waals surface area contributed by atoms with Crippen LogP contribution in [0.2, 0.25) is 10.0 Å². The summed E-state index contributed by atoms with van der Waals surface area (Å²) >= 11 is 11.8. The second-order valence-electron chi connectivity index (χ2n) is 4.19. The highest BCUT2D eigenvalue weighted by atomic mass is 35.5. The van der Waals surface area contributed by atoms with E-state index >= 15 is 0 Å². The van der Waals surface area contributed by atoms with Gasteiger partial charge in [0.15, 0.2) is 0 Å². The van der Waals surface area contributed by atoms with Crippen molar-refractivity contribution in [1.29, 1.82) is 0 Å². The third-order valence-electron chi connectivity index (χ3n) is 2.93. The van der Waals surface area contributed by atoms with Gasteiger partial charge >= 0.3 is 0 Å². The number of nitrogens with one attached hydrogen (secondary N) is 1. The van der Waals surface area contributed by atoms with Crippen LogP contribution < -0.4 is 11.3 Å². The fourth-order valence-corrected chi connectivity index (χ4v) is 2.22. The molecule has 0 amide bonds. The Kier molecular flexibility index (Phi) is 4.77. The van der Waals surface area contributed by atoms with Crippen LogP contribution in [0.4, 0.5) is 4.39 Å². The van der Waals surface area contributed by atoms with Gasteiger partial charge in [0, 0.05) is 5.02 Å². The normalized spacial score (nSPS) is 12.4. The van der Waals surface area contributed by atoms with Gasteiger partial charge in [-0.05, 0) is 35.7 Å². The summed E-state index contributed by atoms with van der Waals surface area (Å²) in [6.07, 6.45) is 0.567. The zero-order valence-electron chi connectivity index (χ0n) is 10.0. The van der Waals surface area contributed by atoms with Crippen LogP contribution in [0.25, 0.3) is 0 Å². The summed E-state index contributed by atoms with van der Waals surface area (Å²) in [4.78, 5) is 0. The first-order valence-corrected chi connectivity index (χ1v) is 6.52. The highest BCUT2D eigenvalue weighted by Crippen LogP contribution is 2.25. The lowest BCUT2D eigenvalue weighted by Gasteiger charge is -2.17. The van der Waals surface area contributed by atoms with Gasteiger partial charge in [-0.15, -0.1) is 0 Å². The summed E-state index contributed by atoms with van der Waals surface area (Å²) < 4.78 is 13.5. The number of hydrazine groups is 1. The topological polar surface area (TPSA) is 38.0 Å². The zero-order chi connectivity index (χ0) is 13.8. The van der Waals surface area contributed by atoms with Gasteiger partial charge in [0.1, 0.15) is 5.82 Å². The Morgan fingerprint density at radius 3 is 2.47 bits per heavy atom. The minimum Gasteiger partial charge on any atom is -0.271 e. The Bertz CT molecular complexity index is 575. The van der Waals surface area contributed by atoms with Gasteiger partial charge in [-0.3, -0.25) is 11.3 Å². The molecule has 0 heterocycles. The molecular weight excluding hydrogens is 286 g/mol. The highest BCUT2D eigenvalue weighted by molar-refractivity contribution is 6.31. The largest absolute Gasteiger partial charge is 0.271 e. The van der Waals surface area contributed by atoms with Crippen molar-refractivity contribution in [3.05, 3.63) is 69.5 Å². The Balaban J connectivity index is 2.25. The molecule has 2 nitrogen and oxygen atoms in total. The van der Waals surface area contributed by atoms with E-state index in [1.54, 1.807) is 6.07 Å². The maximum Gasteiger partial charge on any atom is 0.142 e. The average Bonchev–Trinajstić information content (AvgIpc) is 2.41. The molecule has 1 atom stereocenters. The monoisotopic (exact) mass is 298 g/mol. The summed E-state index contributed by atoms with van der Waals surface area (Å²) in [5.41, 5.74) is 4.35. The van der Waals surface area contributed by atoms with Crippen LogP contribution in [0.1, 0.15) is 17.2 Å². The smallest absolute Gasteiger partial charge is 0.142 e. The summed E-state index contributed by atoms with van der Waals surface area (Å²) in [7, 11) is 0. The van der Waals surface area contributed by atoms with E-state index in [0.717, 1.165) is 11.1 Å². The van der Waals surface area contributed by atoms with Gasteiger partial charge in [0.05, 0.1) is 11.1 Å². The second-order valence-corrected chi connectivity index (χ2v) is 5.00. The lowest BCUT2D eigenvalue weighted by atomic mass is 9.99. The van der Waals surface area contributed by atoms with Crippen LogP contribution in [0, 0.1) is 5.82 Å². The molecule has 0 aromatic heterocycles. The van der Waals surface area contributed by atoms with Crippen molar-refractivity contribution < 1.29 is 4.39 Å². The molecule has 0 radical (unpaired) electrons. The molecule has 0 spiro atoms. The molecule has 0 saturated heterocycles. The Morgan fingerprint density at radius 1 is 1.11 bits per heavy atom. The van der Waals surface area contributed by atoms with E-state index in [9.17, 15) is 4.39 Å². The van der Waals surface area contributed by atoms with Crippen LogP contribution >= 0.6 is 23.2 Å². The summed E-state index contributed by atoms with van der Waals surface area (Å²) in [6.45, 7) is 0. The average molecular weight is 299 g/mol. The predicted molar refractivity (Wildman–Crippen MR) is 76.6 cm³/mol. The van der Waals surface area contributed by atoms with E-state index < -0.39 is 5.82 Å². The molecule has 3 N–H and O–H groups in total. The standard InChI is InChI=1S/C14H13Cl2FN2/c15-11-4-2-1-3-9(11)8-14(19-18)10-5-6-12(16)13(17)7-10/h1-7,14,19H,8,18H2. The molecule has 1 unspecified atom stereocenters. The second kappa shape index (κ2) is 6.35. The van der Waals surface area contributed by atoms with Crippen LogP contribution in [0.5, 0.6) is 0 Å². The predicted octanol–water partition coefficient (Wildman–Crippen LogP) is 3.88. The molecule has 2 rings (SSSR count). The molecule has 100 valence electrons. The van der Waals surface area contributed by atoms with Crippen molar-refractivity contribution in [3.8, 4) is 0 Å². The van der Waals surface area contributed by atoms with E-state index in [2.05, 4.69) is 5.43 Å². The molecule has 0 fully saturated rings. The van der Waals surface area contributed by atoms with Crippen LogP contribution in [0.15, 0.2) is 42.5 Å². The van der Waals surface area contributed by atoms with Crippen LogP contribution in [-0.2, 0) is 6.42 Å². The first-order valence-electron chi connectivity index (χ1n) is 5.76. The quantitative estimate of drug-likeness (QED) is 0.664. The third kappa shape index (κ3) is 3.45. The summed E-state index contributed by atoms with van der Waals surface area (Å²) in [5, 5.41) is 0.759. The van der Waals surface area contributed by atoms with Crippen molar-refractivity contribution in [2.75, 3.05) is 0 Å². The number of benzene rings is 2. The van der Waals surface area contributed by atoms with Crippen molar-refractivity contribution in [2.45, 2.75) is 12.5 Å². The SMILES string of the molecule is NNC(Cc1ccccc1Cl)c1ccc(Cl)c(F)c1. The number of nitrogens with two attached hydrogens (primary N) is 1. The Labute approximate surface area is 121 Å². The minimum atomic E-state index is -0.460. The molecule has 2 aromatic rings. The summed E-state index contributed by atoms with van der Waals surface area (Å²) in [5.74, 6) is 5.08. The molecule has 0 aliphatic carbocycles. The highest BCUT2D eigenvalue weighted by Gasteiger charge is 2.14. The summed E-state index contributed by atoms with van der Waals surface area (Å²) in [6, 6.07) is 11.9. The van der Waals surface area contributed by atoms with E-state index in [1.807, 2.05) is 24.3 Å². The Hall–Kier alpha value is -1.13. The van der Waals surface area contributed by atoms with E-state index in [1.165, 1.54) is 12.1 Å². The minimum absolute atomic E-state index is 0.0947. The molecule has 0 aliphatic heterocycles. The van der Waals surface area contributed by atoms with E-state index in [-0.39, 0.29) is 11.1 Å². The van der Waals surface area contributed by atoms with Gasteiger partial charge in [-0.25, -0.2) is 4.39 Å². The maximum absolute atomic E-state index is 13.5. The van der Waals surface area contributed by atoms with Gasteiger partial charge in [-0.1, -0.05) is 47.5 Å². The van der Waals surface area contributed by atoms with Gasteiger partial charge in [-0.2, -0.15) is 0 Å². The van der Waals surface area contributed by atoms with Gasteiger partial charge in [0.25, 0.3) is 0 Å². The van der Waals surface area contributed by atoms with Gasteiger partial charge < -0.3 is 0 Å². The van der Waals surface area contributed by atoms with E-state index in [4.69, 9.17) is 29.0 Å². The molecule has 5 heteroatoms. The van der Waals surface area contributed by atoms with Crippen LogP contribution in [-0.4, -0.2) is 0 Å². The molecule has 19 heavy (non-hydrogen) atoms. The fraction of sp³-hybridized carbons (Fsp3) is 0.143. The van der Waals surface area contributed by atoms with E-state index in [0.29, 0.717) is 11.4 Å². The van der Waals surface area contributed by atoms with Gasteiger partial charge in [0.2, 0.25) is 0 Å². The molecule has 0 saturated carbocycles. The molecule has 0 bridgehead atoms. The third-order valence-corrected chi connectivity index (χ3v) is 3.60. The lowest BCUT2D eigenvalue weighted by Crippen LogP contribution is -2.29. The lowest BCUT2D eigenvalue weighted by molar-refractivity contribution is 0.544. The first kappa shape index (κ1) is 14.3. The molecule has 0 aliphatic rings. The van der Waals surface area contributed by atoms with Crippen molar-refractivity contribution in [1.82, 2.24) is 5.43 Å². The number of halogens is 3. The van der Waals surface area contributed by atoms with Crippen molar-refractivity contribution in [2.24, 2.45) is 5.84 Å². The van der Waals surface area contributed by atoms with Crippen LogP contribution in [0.3, 0.4) is 0 Å². The zero-order valence-corrected chi connectivity index (χ0v) is 11.5. The first-order chi connectivity index (χ1) is 9.11. The maximum atomic E-state index is 13.5. The fourth-order valence-electron chi connectivity index (χ4n) is 1.89. The number of rotatable bonds is 4. The molecule has 2 aromatic carbocycles. The number of hydrogen-bond donors (Lipinski definition) is 2.